The lowest BCUT2D eigenvalue weighted by Gasteiger charge is -1.95. The molecule has 5 heteroatoms. The molecule has 0 fully saturated rings. The number of hydrogen-bond acceptors (Lipinski definition) is 4. The number of thiazole rings is 1. The van der Waals surface area contributed by atoms with Gasteiger partial charge in [0.15, 0.2) is 0 Å². The summed E-state index contributed by atoms with van der Waals surface area (Å²) < 4.78 is 1.05. The van der Waals surface area contributed by atoms with E-state index >= 15 is 0 Å². The molecule has 0 N–H and O–H groups in total. The second kappa shape index (κ2) is 5.21. The molecule has 2 nitrogen and oxygen atoms in total. The summed E-state index contributed by atoms with van der Waals surface area (Å²) in [7, 11) is 0. The molecule has 0 saturated heterocycles. The maximum Gasteiger partial charge on any atom is 0.144 e. The van der Waals surface area contributed by atoms with Crippen molar-refractivity contribution in [3.05, 3.63) is 36.9 Å². The molecule has 0 aliphatic carbocycles. The fraction of sp³-hybridized carbons (Fsp3) is 0.273. The van der Waals surface area contributed by atoms with Gasteiger partial charge in [0.25, 0.3) is 0 Å². The van der Waals surface area contributed by atoms with Crippen LogP contribution < -0.4 is 0 Å². The number of halogens is 1. The van der Waals surface area contributed by atoms with Crippen LogP contribution in [0.2, 0.25) is 0 Å². The number of rotatable bonds is 4. The summed E-state index contributed by atoms with van der Waals surface area (Å²) in [6, 6.07) is 2.00. The SMILES string of the molecule is Cc1csc(CC(=O)Cc2cc(Br)cs2)n1. The first-order chi connectivity index (χ1) is 7.63. The van der Waals surface area contributed by atoms with Crippen molar-refractivity contribution in [3.63, 3.8) is 0 Å². The Labute approximate surface area is 110 Å². The maximum absolute atomic E-state index is 11.8. The van der Waals surface area contributed by atoms with E-state index in [9.17, 15) is 4.79 Å². The van der Waals surface area contributed by atoms with Gasteiger partial charge in [-0.25, -0.2) is 4.98 Å². The van der Waals surface area contributed by atoms with Crippen molar-refractivity contribution in [3.8, 4) is 0 Å². The van der Waals surface area contributed by atoms with Crippen molar-refractivity contribution >= 4 is 44.4 Å². The van der Waals surface area contributed by atoms with E-state index in [0.717, 1.165) is 20.1 Å². The molecular weight excluding hydrogens is 306 g/mol. The molecule has 0 bridgehead atoms. The van der Waals surface area contributed by atoms with Crippen molar-refractivity contribution in [2.45, 2.75) is 19.8 Å². The smallest absolute Gasteiger partial charge is 0.144 e. The Morgan fingerprint density at radius 2 is 2.19 bits per heavy atom. The Balaban J connectivity index is 1.94. The quantitative estimate of drug-likeness (QED) is 0.862. The van der Waals surface area contributed by atoms with E-state index < -0.39 is 0 Å². The van der Waals surface area contributed by atoms with Crippen LogP contribution in [0, 0.1) is 6.92 Å². The van der Waals surface area contributed by atoms with E-state index in [1.807, 2.05) is 23.8 Å². The van der Waals surface area contributed by atoms with E-state index in [-0.39, 0.29) is 5.78 Å². The lowest BCUT2D eigenvalue weighted by atomic mass is 10.2. The van der Waals surface area contributed by atoms with Gasteiger partial charge in [-0.15, -0.1) is 22.7 Å². The second-order valence-electron chi connectivity index (χ2n) is 3.51. The number of aromatic nitrogens is 1. The number of aryl methyl sites for hydroxylation is 1. The molecule has 2 aromatic rings. The Hall–Kier alpha value is -0.520. The normalized spacial score (nSPS) is 10.6. The molecule has 0 spiro atoms. The van der Waals surface area contributed by atoms with E-state index in [2.05, 4.69) is 20.9 Å². The van der Waals surface area contributed by atoms with Crippen LogP contribution in [0.5, 0.6) is 0 Å². The molecule has 0 aliphatic rings. The van der Waals surface area contributed by atoms with Gasteiger partial charge >= 0.3 is 0 Å². The van der Waals surface area contributed by atoms with Gasteiger partial charge in [-0.2, -0.15) is 0 Å². The van der Waals surface area contributed by atoms with Crippen LogP contribution in [0.15, 0.2) is 21.3 Å². The summed E-state index contributed by atoms with van der Waals surface area (Å²) in [4.78, 5) is 17.1. The molecule has 0 amide bonds. The summed E-state index contributed by atoms with van der Waals surface area (Å²) in [5.74, 6) is 0.226. The Kier molecular flexibility index (Phi) is 3.89. The fourth-order valence-electron chi connectivity index (χ4n) is 1.36. The summed E-state index contributed by atoms with van der Waals surface area (Å²) in [5, 5.41) is 4.89. The molecule has 0 aromatic carbocycles. The van der Waals surface area contributed by atoms with E-state index in [4.69, 9.17) is 0 Å². The van der Waals surface area contributed by atoms with Gasteiger partial charge in [0.2, 0.25) is 0 Å². The minimum Gasteiger partial charge on any atom is -0.299 e. The zero-order valence-corrected chi connectivity index (χ0v) is 11.9. The monoisotopic (exact) mass is 315 g/mol. The Morgan fingerprint density at radius 1 is 1.38 bits per heavy atom. The number of carbonyl (C=O) groups is 1. The first-order valence-electron chi connectivity index (χ1n) is 4.79. The van der Waals surface area contributed by atoms with E-state index in [1.54, 1.807) is 22.7 Å². The van der Waals surface area contributed by atoms with Crippen LogP contribution in [0.4, 0.5) is 0 Å². The van der Waals surface area contributed by atoms with E-state index in [1.165, 1.54) is 0 Å². The van der Waals surface area contributed by atoms with Gasteiger partial charge in [-0.05, 0) is 28.9 Å². The van der Waals surface area contributed by atoms with Gasteiger partial charge in [-0.3, -0.25) is 4.79 Å². The highest BCUT2D eigenvalue weighted by atomic mass is 79.9. The fourth-order valence-corrected chi connectivity index (χ4v) is 3.64. The van der Waals surface area contributed by atoms with Crippen LogP contribution in [-0.4, -0.2) is 10.8 Å². The van der Waals surface area contributed by atoms with Crippen molar-refractivity contribution < 1.29 is 4.79 Å². The van der Waals surface area contributed by atoms with Crippen molar-refractivity contribution in [1.29, 1.82) is 0 Å². The topological polar surface area (TPSA) is 30.0 Å². The highest BCUT2D eigenvalue weighted by Gasteiger charge is 2.09. The van der Waals surface area contributed by atoms with E-state index in [0.29, 0.717) is 12.8 Å². The minimum atomic E-state index is 0.226. The largest absolute Gasteiger partial charge is 0.299 e. The molecule has 84 valence electrons. The van der Waals surface area contributed by atoms with Crippen LogP contribution in [-0.2, 0) is 17.6 Å². The predicted octanol–water partition coefficient (Wildman–Crippen LogP) is 3.63. The maximum atomic E-state index is 11.8. The molecule has 0 radical (unpaired) electrons. The number of Topliss-reactive ketones (excluding diaryl/α,β-unsaturated/α-hetero) is 1. The first kappa shape index (κ1) is 12.0. The third kappa shape index (κ3) is 3.23. The third-order valence-corrected chi connectivity index (χ3v) is 4.67. The Morgan fingerprint density at radius 3 is 2.75 bits per heavy atom. The molecular formula is C11H10BrNOS2. The van der Waals surface area contributed by atoms with Gasteiger partial charge in [0.1, 0.15) is 10.8 Å². The summed E-state index contributed by atoms with van der Waals surface area (Å²) in [6.45, 7) is 1.95. The number of thiophene rings is 1. The zero-order valence-electron chi connectivity index (χ0n) is 8.70. The molecule has 2 aromatic heterocycles. The van der Waals surface area contributed by atoms with Gasteiger partial charge in [-0.1, -0.05) is 0 Å². The average Bonchev–Trinajstić information content (AvgIpc) is 2.76. The first-order valence-corrected chi connectivity index (χ1v) is 7.34. The number of hydrogen-bond donors (Lipinski definition) is 0. The summed E-state index contributed by atoms with van der Waals surface area (Å²) in [6.07, 6.45) is 0.961. The van der Waals surface area contributed by atoms with Crippen LogP contribution in [0.3, 0.4) is 0 Å². The highest BCUT2D eigenvalue weighted by molar-refractivity contribution is 9.10. The molecule has 0 saturated carbocycles. The molecule has 0 unspecified atom stereocenters. The van der Waals surface area contributed by atoms with Gasteiger partial charge in [0.05, 0.1) is 6.42 Å². The van der Waals surface area contributed by atoms with Crippen LogP contribution in [0.25, 0.3) is 0 Å². The molecule has 2 rings (SSSR count). The van der Waals surface area contributed by atoms with Crippen molar-refractivity contribution in [2.75, 3.05) is 0 Å². The van der Waals surface area contributed by atoms with Crippen molar-refractivity contribution in [1.82, 2.24) is 4.98 Å². The summed E-state index contributed by atoms with van der Waals surface area (Å²) >= 11 is 6.55. The number of carbonyl (C=O) groups excluding carboxylic acids is 1. The van der Waals surface area contributed by atoms with Gasteiger partial charge in [0, 0.05) is 32.2 Å². The summed E-state index contributed by atoms with van der Waals surface area (Å²) in [5.41, 5.74) is 0.992. The highest BCUT2D eigenvalue weighted by Crippen LogP contribution is 2.21. The predicted molar refractivity (Wildman–Crippen MR) is 71.3 cm³/mol. The molecule has 0 atom stereocenters. The average molecular weight is 316 g/mol. The van der Waals surface area contributed by atoms with Crippen molar-refractivity contribution in [2.24, 2.45) is 0 Å². The second-order valence-corrected chi connectivity index (χ2v) is 6.36. The Bertz CT molecular complexity index is 459. The zero-order chi connectivity index (χ0) is 11.5. The standard InChI is InChI=1S/C11H10BrNOS2/c1-7-5-16-11(13-7)4-9(14)3-10-2-8(12)6-15-10/h2,5-6H,3-4H2,1H3. The minimum absolute atomic E-state index is 0.226. The molecule has 2 heterocycles. The molecule has 16 heavy (non-hydrogen) atoms. The number of nitrogens with zero attached hydrogens (tertiary/aromatic N) is 1. The van der Waals surface area contributed by atoms with Crippen LogP contribution >= 0.6 is 38.6 Å². The number of ketones is 1. The molecule has 0 aliphatic heterocycles. The van der Waals surface area contributed by atoms with Crippen LogP contribution in [0.1, 0.15) is 15.6 Å². The third-order valence-electron chi connectivity index (χ3n) is 2.01. The van der Waals surface area contributed by atoms with Gasteiger partial charge < -0.3 is 0 Å². The lowest BCUT2D eigenvalue weighted by Crippen LogP contribution is -2.05. The lowest BCUT2D eigenvalue weighted by molar-refractivity contribution is -0.117.